The van der Waals surface area contributed by atoms with Gasteiger partial charge in [-0.25, -0.2) is 0 Å². The third kappa shape index (κ3) is 1.84. The summed E-state index contributed by atoms with van der Waals surface area (Å²) in [5.74, 6) is 3.16. The van der Waals surface area contributed by atoms with Gasteiger partial charge in [-0.1, -0.05) is 19.1 Å². The summed E-state index contributed by atoms with van der Waals surface area (Å²) in [7, 11) is 0. The molecule has 0 aromatic carbocycles. The number of carbonyl (C=O) groups is 2. The van der Waals surface area contributed by atoms with Crippen LogP contribution in [0.2, 0.25) is 0 Å². The molecule has 0 N–H and O–H groups in total. The molecule has 4 aliphatic carbocycles. The second kappa shape index (κ2) is 4.66. The van der Waals surface area contributed by atoms with Crippen molar-refractivity contribution in [1.82, 2.24) is 0 Å². The minimum atomic E-state index is 0.221. The molecule has 5 unspecified atom stereocenters. The zero-order valence-corrected chi connectivity index (χ0v) is 12.8. The van der Waals surface area contributed by atoms with Crippen molar-refractivity contribution in [3.05, 3.63) is 23.8 Å². The van der Waals surface area contributed by atoms with Crippen molar-refractivity contribution in [1.29, 1.82) is 0 Å². The first-order valence-electron chi connectivity index (χ1n) is 8.51. The highest BCUT2D eigenvalue weighted by molar-refractivity contribution is 5.91. The Morgan fingerprint density at radius 3 is 2.90 bits per heavy atom. The fourth-order valence-corrected chi connectivity index (χ4v) is 5.92. The van der Waals surface area contributed by atoms with Crippen LogP contribution in [0.3, 0.4) is 0 Å². The molecule has 0 bridgehead atoms. The van der Waals surface area contributed by atoms with E-state index in [0.29, 0.717) is 29.5 Å². The van der Waals surface area contributed by atoms with Crippen molar-refractivity contribution in [2.75, 3.05) is 0 Å². The summed E-state index contributed by atoms with van der Waals surface area (Å²) in [5.41, 5.74) is 1.50. The number of allylic oxidation sites excluding steroid dienone is 4. The Balaban J connectivity index is 1.68. The lowest BCUT2D eigenvalue weighted by atomic mass is 9.53. The number of carbonyl (C=O) groups excluding carboxylic acids is 2. The Morgan fingerprint density at radius 2 is 2.10 bits per heavy atom. The molecule has 2 fully saturated rings. The molecule has 6 atom stereocenters. The summed E-state index contributed by atoms with van der Waals surface area (Å²) >= 11 is 0. The summed E-state index contributed by atoms with van der Waals surface area (Å²) in [6.45, 7) is 2.35. The van der Waals surface area contributed by atoms with Crippen LogP contribution < -0.4 is 0 Å². The molecule has 0 saturated heterocycles. The van der Waals surface area contributed by atoms with Gasteiger partial charge in [0.25, 0.3) is 0 Å². The number of aldehydes is 1. The molecule has 0 aromatic heterocycles. The lowest BCUT2D eigenvalue weighted by Gasteiger charge is -2.51. The first-order chi connectivity index (χ1) is 10.1. The monoisotopic (exact) mass is 284 g/mol. The van der Waals surface area contributed by atoms with E-state index in [1.807, 2.05) is 6.08 Å². The highest BCUT2D eigenvalue weighted by atomic mass is 16.1. The maximum absolute atomic E-state index is 11.6. The van der Waals surface area contributed by atoms with Crippen LogP contribution >= 0.6 is 0 Å². The van der Waals surface area contributed by atoms with Gasteiger partial charge in [-0.05, 0) is 72.8 Å². The van der Waals surface area contributed by atoms with Gasteiger partial charge in [0.2, 0.25) is 0 Å². The average Bonchev–Trinajstić information content (AvgIpc) is 2.83. The van der Waals surface area contributed by atoms with Gasteiger partial charge in [-0.3, -0.25) is 4.79 Å². The second-order valence-corrected chi connectivity index (χ2v) is 7.83. The van der Waals surface area contributed by atoms with Crippen LogP contribution in [0.15, 0.2) is 23.8 Å². The Bertz CT molecular complexity index is 544. The Labute approximate surface area is 126 Å². The molecule has 0 heterocycles. The van der Waals surface area contributed by atoms with E-state index in [1.165, 1.54) is 31.1 Å². The van der Waals surface area contributed by atoms with Gasteiger partial charge < -0.3 is 4.79 Å². The zero-order valence-electron chi connectivity index (χ0n) is 12.8. The van der Waals surface area contributed by atoms with E-state index in [-0.39, 0.29) is 11.3 Å². The van der Waals surface area contributed by atoms with Gasteiger partial charge in [0.15, 0.2) is 5.78 Å². The van der Waals surface area contributed by atoms with Gasteiger partial charge in [-0.2, -0.15) is 0 Å². The molecule has 2 nitrogen and oxygen atoms in total. The lowest BCUT2D eigenvalue weighted by molar-refractivity contribution is -0.117. The van der Waals surface area contributed by atoms with Gasteiger partial charge >= 0.3 is 0 Å². The van der Waals surface area contributed by atoms with Crippen molar-refractivity contribution in [2.24, 2.45) is 35.0 Å². The van der Waals surface area contributed by atoms with E-state index in [4.69, 9.17) is 0 Å². The number of rotatable bonds is 1. The fourth-order valence-electron chi connectivity index (χ4n) is 5.92. The molecule has 21 heavy (non-hydrogen) atoms. The minimum absolute atomic E-state index is 0.221. The summed E-state index contributed by atoms with van der Waals surface area (Å²) in [5, 5.41) is 0. The average molecular weight is 284 g/mol. The summed E-state index contributed by atoms with van der Waals surface area (Å²) in [6, 6.07) is 0. The molecule has 0 aliphatic heterocycles. The van der Waals surface area contributed by atoms with Crippen molar-refractivity contribution in [3.63, 3.8) is 0 Å². The summed E-state index contributed by atoms with van der Waals surface area (Å²) in [4.78, 5) is 23.1. The van der Waals surface area contributed by atoms with Gasteiger partial charge in [0, 0.05) is 12.3 Å². The van der Waals surface area contributed by atoms with Crippen molar-refractivity contribution < 1.29 is 9.59 Å². The molecular formula is C19H24O2. The number of hydrogen-bond acceptors (Lipinski definition) is 2. The Kier molecular flexibility index (Phi) is 2.99. The van der Waals surface area contributed by atoms with Crippen LogP contribution in [-0.2, 0) is 9.59 Å². The number of hydrogen-bond donors (Lipinski definition) is 0. The minimum Gasteiger partial charge on any atom is -0.303 e. The molecule has 4 aliphatic rings. The Hall–Kier alpha value is -1.18. The number of ketones is 1. The van der Waals surface area contributed by atoms with Crippen molar-refractivity contribution >= 4 is 12.1 Å². The van der Waals surface area contributed by atoms with E-state index in [9.17, 15) is 9.59 Å². The first kappa shape index (κ1) is 13.5. The molecule has 0 amide bonds. The maximum atomic E-state index is 11.6. The van der Waals surface area contributed by atoms with Crippen molar-refractivity contribution in [2.45, 2.75) is 45.4 Å². The van der Waals surface area contributed by atoms with E-state index < -0.39 is 0 Å². The molecule has 2 saturated carbocycles. The first-order valence-corrected chi connectivity index (χ1v) is 8.51. The third-order valence-electron chi connectivity index (χ3n) is 7.11. The summed E-state index contributed by atoms with van der Waals surface area (Å²) < 4.78 is 0. The van der Waals surface area contributed by atoms with E-state index in [1.54, 1.807) is 0 Å². The quantitative estimate of drug-likeness (QED) is 0.688. The van der Waals surface area contributed by atoms with E-state index in [0.717, 1.165) is 19.3 Å². The molecular weight excluding hydrogens is 260 g/mol. The molecule has 4 rings (SSSR count). The standard InChI is InChI=1S/C19H24O2/c1-19-9-8-16-15-6-4-14(21)10-12(15)2-5-17(16)18(19)7-3-13(19)11-20/h2,5,10-11,13,15-18H,3-4,6-9H2,1H3/t13?,15?,16?,17?,18?,19-/m1/s1. The maximum Gasteiger partial charge on any atom is 0.155 e. The molecule has 0 radical (unpaired) electrons. The van der Waals surface area contributed by atoms with Gasteiger partial charge in [0.1, 0.15) is 6.29 Å². The molecule has 2 heteroatoms. The summed E-state index contributed by atoms with van der Waals surface area (Å²) in [6.07, 6.45) is 14.2. The largest absolute Gasteiger partial charge is 0.303 e. The van der Waals surface area contributed by atoms with Crippen LogP contribution in [0, 0.1) is 35.0 Å². The predicted octanol–water partition coefficient (Wildman–Crippen LogP) is 3.72. The number of fused-ring (bicyclic) bond motifs is 5. The molecule has 0 aromatic rings. The third-order valence-corrected chi connectivity index (χ3v) is 7.11. The van der Waals surface area contributed by atoms with Crippen LogP contribution in [0.25, 0.3) is 0 Å². The van der Waals surface area contributed by atoms with Crippen LogP contribution in [0.4, 0.5) is 0 Å². The van der Waals surface area contributed by atoms with E-state index in [2.05, 4.69) is 19.1 Å². The highest BCUT2D eigenvalue weighted by Crippen LogP contribution is 2.61. The van der Waals surface area contributed by atoms with E-state index >= 15 is 0 Å². The fraction of sp³-hybridized carbons (Fsp3) is 0.684. The van der Waals surface area contributed by atoms with Gasteiger partial charge in [0.05, 0.1) is 0 Å². The zero-order chi connectivity index (χ0) is 14.6. The topological polar surface area (TPSA) is 34.1 Å². The Morgan fingerprint density at radius 1 is 1.24 bits per heavy atom. The predicted molar refractivity (Wildman–Crippen MR) is 81.6 cm³/mol. The van der Waals surface area contributed by atoms with Crippen molar-refractivity contribution in [3.8, 4) is 0 Å². The van der Waals surface area contributed by atoms with Crippen LogP contribution in [-0.4, -0.2) is 12.1 Å². The highest BCUT2D eigenvalue weighted by Gasteiger charge is 2.55. The normalized spacial score (nSPS) is 48.1. The second-order valence-electron chi connectivity index (χ2n) is 7.83. The molecule has 112 valence electrons. The van der Waals surface area contributed by atoms with Crippen LogP contribution in [0.1, 0.15) is 45.4 Å². The molecule has 0 spiro atoms. The van der Waals surface area contributed by atoms with Crippen LogP contribution in [0.5, 0.6) is 0 Å². The SMILES string of the molecule is C[C@]12CCC3C4CCC(=O)C=C4C=CC3C1CCC2C=O. The lowest BCUT2D eigenvalue weighted by Crippen LogP contribution is -2.45. The smallest absolute Gasteiger partial charge is 0.155 e. The van der Waals surface area contributed by atoms with Gasteiger partial charge in [-0.15, -0.1) is 0 Å².